The van der Waals surface area contributed by atoms with Crippen LogP contribution >= 0.6 is 0 Å². The predicted molar refractivity (Wildman–Crippen MR) is 101 cm³/mol. The number of hydrogen-bond donors (Lipinski definition) is 4. The van der Waals surface area contributed by atoms with Crippen LogP contribution in [0.1, 0.15) is 21.5 Å². The summed E-state index contributed by atoms with van der Waals surface area (Å²) < 4.78 is 13.7. The molecule has 0 aliphatic rings. The van der Waals surface area contributed by atoms with Crippen molar-refractivity contribution in [1.82, 2.24) is 0 Å². The average Bonchev–Trinajstić information content (AvgIpc) is 2.63. The summed E-state index contributed by atoms with van der Waals surface area (Å²) in [6.45, 7) is 1.67. The van der Waals surface area contributed by atoms with Gasteiger partial charge in [-0.2, -0.15) is 0 Å². The quantitative estimate of drug-likeness (QED) is 0.442. The molecule has 0 heterocycles. The van der Waals surface area contributed by atoms with Crippen LogP contribution in [0.25, 0.3) is 6.08 Å². The highest BCUT2D eigenvalue weighted by atomic mass is 19.1. The normalized spacial score (nSPS) is 10.5. The van der Waals surface area contributed by atoms with Crippen molar-refractivity contribution in [3.8, 4) is 0 Å². The zero-order chi connectivity index (χ0) is 20.0. The molecule has 2 amide bonds. The highest BCUT2D eigenvalue weighted by Gasteiger charge is 2.10. The number of carboxylic acids is 1. The smallest absolute Gasteiger partial charge is 0.335 e. The number of halogens is 1. The van der Waals surface area contributed by atoms with Gasteiger partial charge < -0.3 is 21.1 Å². The number of amides is 2. The number of benzene rings is 2. The van der Waals surface area contributed by atoms with E-state index in [4.69, 9.17) is 5.11 Å². The molecule has 7 nitrogen and oxygen atoms in total. The van der Waals surface area contributed by atoms with Crippen molar-refractivity contribution in [2.45, 2.75) is 6.92 Å². The summed E-state index contributed by atoms with van der Waals surface area (Å²) in [7, 11) is 1.58. The molecule has 4 N–H and O–H groups in total. The number of carboxylic acid groups (broad SMARTS) is 1. The molecule has 0 saturated carbocycles. The van der Waals surface area contributed by atoms with Crippen LogP contribution in [0.15, 0.2) is 36.4 Å². The summed E-state index contributed by atoms with van der Waals surface area (Å²) in [6.07, 6.45) is 3.01. The molecule has 0 saturated heterocycles. The molecule has 2 aromatic carbocycles. The lowest BCUT2D eigenvalue weighted by atomic mass is 10.1. The Morgan fingerprint density at radius 3 is 2.48 bits per heavy atom. The second-order valence-corrected chi connectivity index (χ2v) is 5.59. The third-order valence-electron chi connectivity index (χ3n) is 3.75. The van der Waals surface area contributed by atoms with E-state index in [0.29, 0.717) is 34.6 Å². The fourth-order valence-corrected chi connectivity index (χ4v) is 2.45. The molecule has 0 unspecified atom stereocenters. The van der Waals surface area contributed by atoms with Crippen molar-refractivity contribution in [1.29, 1.82) is 0 Å². The first-order chi connectivity index (χ1) is 12.8. The Balaban J connectivity index is 2.23. The van der Waals surface area contributed by atoms with Gasteiger partial charge in [0.2, 0.25) is 12.3 Å². The number of nitrogens with one attached hydrogen (secondary N) is 3. The number of rotatable bonds is 7. The number of carbonyl (C=O) groups is 3. The molecule has 0 atom stereocenters. The Kier molecular flexibility index (Phi) is 6.27. The molecular formula is C19H18FN3O4. The van der Waals surface area contributed by atoms with Crippen LogP contribution in [0.2, 0.25) is 0 Å². The van der Waals surface area contributed by atoms with Crippen LogP contribution in [-0.2, 0) is 9.59 Å². The third kappa shape index (κ3) is 4.91. The lowest BCUT2D eigenvalue weighted by Gasteiger charge is -2.12. The van der Waals surface area contributed by atoms with Crippen molar-refractivity contribution < 1.29 is 23.9 Å². The van der Waals surface area contributed by atoms with Crippen molar-refractivity contribution in [3.63, 3.8) is 0 Å². The van der Waals surface area contributed by atoms with E-state index in [1.54, 1.807) is 14.0 Å². The molecule has 0 aliphatic carbocycles. The molecule has 0 aromatic heterocycles. The van der Waals surface area contributed by atoms with Crippen LogP contribution in [0.3, 0.4) is 0 Å². The highest BCUT2D eigenvalue weighted by molar-refractivity contribution is 6.03. The Morgan fingerprint density at radius 1 is 1.15 bits per heavy atom. The zero-order valence-electron chi connectivity index (χ0n) is 14.7. The minimum Gasteiger partial charge on any atom is -0.478 e. The zero-order valence-corrected chi connectivity index (χ0v) is 14.7. The van der Waals surface area contributed by atoms with E-state index in [9.17, 15) is 18.8 Å². The number of aromatic carboxylic acids is 1. The molecule has 0 radical (unpaired) electrons. The number of hydrogen-bond acceptors (Lipinski definition) is 4. The highest BCUT2D eigenvalue weighted by Crippen LogP contribution is 2.28. The molecule has 8 heteroatoms. The van der Waals surface area contributed by atoms with Gasteiger partial charge in [-0.25, -0.2) is 9.18 Å². The molecule has 2 aromatic rings. The van der Waals surface area contributed by atoms with Gasteiger partial charge in [0.15, 0.2) is 0 Å². The van der Waals surface area contributed by atoms with Gasteiger partial charge in [0.05, 0.1) is 16.9 Å². The van der Waals surface area contributed by atoms with Gasteiger partial charge >= 0.3 is 5.97 Å². The van der Waals surface area contributed by atoms with Gasteiger partial charge in [0.1, 0.15) is 5.82 Å². The van der Waals surface area contributed by atoms with Crippen LogP contribution in [0, 0.1) is 12.7 Å². The maximum absolute atomic E-state index is 13.7. The first-order valence-corrected chi connectivity index (χ1v) is 7.90. The van der Waals surface area contributed by atoms with Gasteiger partial charge in [-0.1, -0.05) is 0 Å². The fourth-order valence-electron chi connectivity index (χ4n) is 2.45. The van der Waals surface area contributed by atoms with Gasteiger partial charge in [0, 0.05) is 24.4 Å². The Morgan fingerprint density at radius 2 is 1.89 bits per heavy atom. The summed E-state index contributed by atoms with van der Waals surface area (Å²) >= 11 is 0. The van der Waals surface area contributed by atoms with Crippen LogP contribution in [-0.4, -0.2) is 30.4 Å². The van der Waals surface area contributed by atoms with Crippen LogP contribution < -0.4 is 16.0 Å². The monoisotopic (exact) mass is 371 g/mol. The van der Waals surface area contributed by atoms with E-state index >= 15 is 0 Å². The third-order valence-corrected chi connectivity index (χ3v) is 3.75. The maximum Gasteiger partial charge on any atom is 0.335 e. The largest absolute Gasteiger partial charge is 0.478 e. The second-order valence-electron chi connectivity index (χ2n) is 5.59. The van der Waals surface area contributed by atoms with Crippen molar-refractivity contribution in [2.24, 2.45) is 0 Å². The molecule has 0 fully saturated rings. The van der Waals surface area contributed by atoms with Crippen molar-refractivity contribution in [2.75, 3.05) is 23.0 Å². The van der Waals surface area contributed by atoms with E-state index in [1.807, 2.05) is 0 Å². The minimum absolute atomic E-state index is 0.116. The molecule has 2 rings (SSSR count). The lowest BCUT2D eigenvalue weighted by molar-refractivity contribution is -0.111. The molecule has 27 heavy (non-hydrogen) atoms. The summed E-state index contributed by atoms with van der Waals surface area (Å²) in [4.78, 5) is 33.9. The van der Waals surface area contributed by atoms with Crippen molar-refractivity contribution in [3.05, 3.63) is 58.9 Å². The Labute approximate surface area is 154 Å². The summed E-state index contributed by atoms with van der Waals surface area (Å²) in [5.41, 5.74) is 2.16. The summed E-state index contributed by atoms with van der Waals surface area (Å²) in [5.74, 6) is -2.08. The number of aryl methyl sites for hydroxylation is 1. The Hall–Kier alpha value is -3.68. The van der Waals surface area contributed by atoms with Gasteiger partial charge in [-0.15, -0.1) is 0 Å². The van der Waals surface area contributed by atoms with Gasteiger partial charge in [-0.05, 0) is 48.9 Å². The minimum atomic E-state index is -1.06. The molecule has 0 aliphatic heterocycles. The molecule has 0 spiro atoms. The maximum atomic E-state index is 13.7. The molecular weight excluding hydrogens is 353 g/mol. The average molecular weight is 371 g/mol. The summed E-state index contributed by atoms with van der Waals surface area (Å²) in [6, 6.07) is 6.72. The van der Waals surface area contributed by atoms with E-state index in [0.717, 1.165) is 0 Å². The first-order valence-electron chi connectivity index (χ1n) is 7.90. The lowest BCUT2D eigenvalue weighted by Crippen LogP contribution is -2.10. The number of anilines is 3. The van der Waals surface area contributed by atoms with E-state index < -0.39 is 17.7 Å². The summed E-state index contributed by atoms with van der Waals surface area (Å²) in [5, 5.41) is 16.8. The van der Waals surface area contributed by atoms with E-state index in [1.165, 1.54) is 42.5 Å². The fraction of sp³-hybridized carbons (Fsp3) is 0.105. The molecule has 0 bridgehead atoms. The first kappa shape index (κ1) is 19.6. The van der Waals surface area contributed by atoms with E-state index in [-0.39, 0.29) is 5.56 Å². The molecule has 140 valence electrons. The second kappa shape index (κ2) is 8.61. The SMILES string of the molecule is CNc1cc(F)cc(/C=C/C(=O)Nc2ccc(C(=O)O)cc2C)c1NC=O. The predicted octanol–water partition coefficient (Wildman–Crippen LogP) is 3.09. The Bertz CT molecular complexity index is 925. The topological polar surface area (TPSA) is 108 Å². The van der Waals surface area contributed by atoms with Gasteiger partial charge in [0.25, 0.3) is 0 Å². The number of carbonyl (C=O) groups excluding carboxylic acids is 2. The standard InChI is InChI=1S/C19H18FN3O4/c1-11-7-13(19(26)27)3-5-15(11)23-17(25)6-4-12-8-14(20)9-16(21-2)18(12)22-10-24/h3-10,21H,1-2H3,(H,22,24)(H,23,25)(H,26,27)/b6-4+. The van der Waals surface area contributed by atoms with Crippen molar-refractivity contribution >= 4 is 41.4 Å². The van der Waals surface area contributed by atoms with Crippen LogP contribution in [0.4, 0.5) is 21.5 Å². The van der Waals surface area contributed by atoms with Gasteiger partial charge in [-0.3, -0.25) is 9.59 Å². The van der Waals surface area contributed by atoms with Crippen LogP contribution in [0.5, 0.6) is 0 Å². The van der Waals surface area contributed by atoms with E-state index in [2.05, 4.69) is 16.0 Å².